The van der Waals surface area contributed by atoms with Gasteiger partial charge in [0, 0.05) is 31.9 Å². The zero-order valence-corrected chi connectivity index (χ0v) is 16.0. The van der Waals surface area contributed by atoms with Crippen molar-refractivity contribution >= 4 is 5.96 Å². The minimum absolute atomic E-state index is 0.221. The third-order valence-electron chi connectivity index (χ3n) is 4.48. The van der Waals surface area contributed by atoms with Gasteiger partial charge in [0.25, 0.3) is 0 Å². The second-order valence-corrected chi connectivity index (χ2v) is 6.17. The molecule has 0 spiro atoms. The Hall–Kier alpha value is -2.44. The highest BCUT2D eigenvalue weighted by molar-refractivity contribution is 5.80. The predicted octanol–water partition coefficient (Wildman–Crippen LogP) is 3.25. The van der Waals surface area contributed by atoms with Crippen LogP contribution in [0.15, 0.2) is 23.2 Å². The van der Waals surface area contributed by atoms with Crippen LogP contribution < -0.4 is 10.6 Å². The lowest BCUT2D eigenvalue weighted by Crippen LogP contribution is -2.38. The summed E-state index contributed by atoms with van der Waals surface area (Å²) in [6, 6.07) is 3.68. The van der Waals surface area contributed by atoms with Crippen LogP contribution in [0.4, 0.5) is 8.78 Å². The van der Waals surface area contributed by atoms with Crippen LogP contribution in [0.25, 0.3) is 0 Å². The summed E-state index contributed by atoms with van der Waals surface area (Å²) in [4.78, 5) is 4.23. The van der Waals surface area contributed by atoms with E-state index < -0.39 is 11.6 Å². The Labute approximate surface area is 153 Å². The maximum Gasteiger partial charge on any atom is 0.191 e. The Morgan fingerprint density at radius 2 is 1.96 bits per heavy atom. The highest BCUT2D eigenvalue weighted by Gasteiger charge is 2.15. The summed E-state index contributed by atoms with van der Waals surface area (Å²) in [7, 11) is 3.64. The molecule has 0 fully saturated rings. The van der Waals surface area contributed by atoms with Crippen LogP contribution in [-0.2, 0) is 26.4 Å². The standard InChI is InChI=1S/C19H27F2N5/c1-6-17-14(18(7-2)26(5)25-17)11-23-19(22-4)24-12(3)13-8-9-15(20)16(21)10-13/h8-10,12H,6-7,11H2,1-5H3,(H2,22,23,24). The fourth-order valence-electron chi connectivity index (χ4n) is 3.03. The van der Waals surface area contributed by atoms with E-state index in [1.807, 2.05) is 18.7 Å². The van der Waals surface area contributed by atoms with Crippen LogP contribution in [0.1, 0.15) is 49.3 Å². The molecule has 0 saturated heterocycles. The van der Waals surface area contributed by atoms with Gasteiger partial charge >= 0.3 is 0 Å². The van der Waals surface area contributed by atoms with Gasteiger partial charge in [0.2, 0.25) is 0 Å². The summed E-state index contributed by atoms with van der Waals surface area (Å²) in [5, 5.41) is 11.1. The highest BCUT2D eigenvalue weighted by atomic mass is 19.2. The van der Waals surface area contributed by atoms with Crippen LogP contribution in [0, 0.1) is 11.6 Å². The van der Waals surface area contributed by atoms with E-state index in [4.69, 9.17) is 0 Å². The third kappa shape index (κ3) is 4.39. The van der Waals surface area contributed by atoms with Crippen molar-refractivity contribution in [3.05, 3.63) is 52.3 Å². The van der Waals surface area contributed by atoms with Gasteiger partial charge in [-0.15, -0.1) is 0 Å². The molecule has 1 aromatic carbocycles. The lowest BCUT2D eigenvalue weighted by Gasteiger charge is -2.19. The summed E-state index contributed by atoms with van der Waals surface area (Å²) in [6.45, 7) is 6.67. The van der Waals surface area contributed by atoms with E-state index in [0.717, 1.165) is 24.6 Å². The second kappa shape index (κ2) is 8.78. The van der Waals surface area contributed by atoms with Crippen molar-refractivity contribution in [3.8, 4) is 0 Å². The van der Waals surface area contributed by atoms with Gasteiger partial charge in [0.15, 0.2) is 17.6 Å². The number of benzene rings is 1. The lowest BCUT2D eigenvalue weighted by atomic mass is 10.1. The molecule has 0 bridgehead atoms. The van der Waals surface area contributed by atoms with Crippen molar-refractivity contribution in [2.45, 2.75) is 46.2 Å². The summed E-state index contributed by atoms with van der Waals surface area (Å²) in [5.74, 6) is -1.11. The summed E-state index contributed by atoms with van der Waals surface area (Å²) < 4.78 is 28.5. The van der Waals surface area contributed by atoms with E-state index in [2.05, 4.69) is 34.6 Å². The number of hydrogen-bond acceptors (Lipinski definition) is 2. The van der Waals surface area contributed by atoms with Crippen molar-refractivity contribution in [2.24, 2.45) is 12.0 Å². The van der Waals surface area contributed by atoms with Gasteiger partial charge in [-0.2, -0.15) is 5.10 Å². The van der Waals surface area contributed by atoms with Gasteiger partial charge < -0.3 is 10.6 Å². The highest BCUT2D eigenvalue weighted by Crippen LogP contribution is 2.17. The van der Waals surface area contributed by atoms with Crippen molar-refractivity contribution in [2.75, 3.05) is 7.05 Å². The first kappa shape index (κ1) is 19.9. The van der Waals surface area contributed by atoms with Crippen LogP contribution in [0.3, 0.4) is 0 Å². The smallest absolute Gasteiger partial charge is 0.191 e. The first-order valence-electron chi connectivity index (χ1n) is 8.86. The molecular formula is C19H27F2N5. The van der Waals surface area contributed by atoms with Gasteiger partial charge in [-0.1, -0.05) is 19.9 Å². The zero-order valence-electron chi connectivity index (χ0n) is 16.0. The molecule has 1 unspecified atom stereocenters. The lowest BCUT2D eigenvalue weighted by molar-refractivity contribution is 0.504. The summed E-state index contributed by atoms with van der Waals surface area (Å²) in [5.41, 5.74) is 4.09. The molecule has 0 aliphatic carbocycles. The normalized spacial score (nSPS) is 13.0. The molecule has 2 rings (SSSR count). The molecule has 26 heavy (non-hydrogen) atoms. The Morgan fingerprint density at radius 3 is 2.54 bits per heavy atom. The molecule has 1 aromatic heterocycles. The fraction of sp³-hybridized carbons (Fsp3) is 0.474. The average molecular weight is 363 g/mol. The average Bonchev–Trinajstić information content (AvgIpc) is 2.95. The fourth-order valence-corrected chi connectivity index (χ4v) is 3.03. The molecular weight excluding hydrogens is 336 g/mol. The topological polar surface area (TPSA) is 54.2 Å². The number of hydrogen-bond donors (Lipinski definition) is 2. The maximum absolute atomic E-state index is 13.4. The first-order chi connectivity index (χ1) is 12.4. The molecule has 142 valence electrons. The van der Waals surface area contributed by atoms with E-state index in [9.17, 15) is 8.78 Å². The van der Waals surface area contributed by atoms with E-state index in [1.54, 1.807) is 13.1 Å². The van der Waals surface area contributed by atoms with E-state index in [-0.39, 0.29) is 6.04 Å². The zero-order chi connectivity index (χ0) is 19.3. The number of aliphatic imine (C=N–C) groups is 1. The molecule has 1 heterocycles. The first-order valence-corrected chi connectivity index (χ1v) is 8.86. The minimum Gasteiger partial charge on any atom is -0.352 e. The number of nitrogens with one attached hydrogen (secondary N) is 2. The van der Waals surface area contributed by atoms with Crippen LogP contribution in [-0.4, -0.2) is 22.8 Å². The molecule has 0 aliphatic rings. The molecule has 5 nitrogen and oxygen atoms in total. The third-order valence-corrected chi connectivity index (χ3v) is 4.48. The van der Waals surface area contributed by atoms with Crippen molar-refractivity contribution in [3.63, 3.8) is 0 Å². The van der Waals surface area contributed by atoms with Gasteiger partial charge in [-0.3, -0.25) is 9.67 Å². The molecule has 0 aliphatic heterocycles. The predicted molar refractivity (Wildman–Crippen MR) is 100 cm³/mol. The molecule has 7 heteroatoms. The van der Waals surface area contributed by atoms with Gasteiger partial charge in [0.05, 0.1) is 11.7 Å². The number of halogens is 2. The van der Waals surface area contributed by atoms with E-state index in [0.29, 0.717) is 18.1 Å². The van der Waals surface area contributed by atoms with Crippen molar-refractivity contribution < 1.29 is 8.78 Å². The van der Waals surface area contributed by atoms with Crippen molar-refractivity contribution in [1.29, 1.82) is 0 Å². The second-order valence-electron chi connectivity index (χ2n) is 6.17. The molecule has 0 radical (unpaired) electrons. The van der Waals surface area contributed by atoms with E-state index >= 15 is 0 Å². The largest absolute Gasteiger partial charge is 0.352 e. The number of aryl methyl sites for hydroxylation is 2. The minimum atomic E-state index is -0.852. The van der Waals surface area contributed by atoms with Crippen LogP contribution in [0.2, 0.25) is 0 Å². The van der Waals surface area contributed by atoms with Crippen LogP contribution in [0.5, 0.6) is 0 Å². The Balaban J connectivity index is 2.07. The van der Waals surface area contributed by atoms with E-state index in [1.165, 1.54) is 17.3 Å². The van der Waals surface area contributed by atoms with Crippen molar-refractivity contribution in [1.82, 2.24) is 20.4 Å². The maximum atomic E-state index is 13.4. The summed E-state index contributed by atoms with van der Waals surface area (Å²) >= 11 is 0. The number of guanidine groups is 1. The Kier molecular flexibility index (Phi) is 6.71. The Bertz CT molecular complexity index is 782. The molecule has 0 amide bonds. The van der Waals surface area contributed by atoms with Gasteiger partial charge in [0.1, 0.15) is 0 Å². The molecule has 0 saturated carbocycles. The monoisotopic (exact) mass is 363 g/mol. The van der Waals surface area contributed by atoms with Gasteiger partial charge in [-0.25, -0.2) is 8.78 Å². The molecule has 1 atom stereocenters. The summed E-state index contributed by atoms with van der Waals surface area (Å²) in [6.07, 6.45) is 1.76. The number of rotatable bonds is 6. The van der Waals surface area contributed by atoms with Crippen LogP contribution >= 0.6 is 0 Å². The number of aromatic nitrogens is 2. The van der Waals surface area contributed by atoms with Gasteiger partial charge in [-0.05, 0) is 37.5 Å². The molecule has 2 N–H and O–H groups in total. The SMILES string of the molecule is CCc1nn(C)c(CC)c1CNC(=NC)NC(C)c1ccc(F)c(F)c1. The number of nitrogens with zero attached hydrogens (tertiary/aromatic N) is 3. The quantitative estimate of drug-likeness (QED) is 0.612. The Morgan fingerprint density at radius 1 is 1.23 bits per heavy atom. The molecule has 2 aromatic rings.